The average Bonchev–Trinajstić information content (AvgIpc) is 3.46. The quantitative estimate of drug-likeness (QED) is 0.517. The summed E-state index contributed by atoms with van der Waals surface area (Å²) < 4.78 is 8.48. The van der Waals surface area contributed by atoms with Gasteiger partial charge in [-0.3, -0.25) is 9.48 Å². The highest BCUT2D eigenvalue weighted by atomic mass is 35.5. The van der Waals surface area contributed by atoms with E-state index >= 15 is 0 Å². The van der Waals surface area contributed by atoms with E-state index in [1.165, 1.54) is 12.8 Å². The van der Waals surface area contributed by atoms with Gasteiger partial charge in [-0.1, -0.05) is 11.6 Å². The van der Waals surface area contributed by atoms with Crippen LogP contribution in [0.4, 0.5) is 5.69 Å². The van der Waals surface area contributed by atoms with E-state index in [2.05, 4.69) is 18.2 Å². The SMILES string of the molecule is CC(=O)N1c2ccc(-c3cnn(C4CC4)c3)c(Oc3ccc(Cl)cc3)c2CCC1C. The highest BCUT2D eigenvalue weighted by Crippen LogP contribution is 2.45. The smallest absolute Gasteiger partial charge is 0.224 e. The molecule has 2 aliphatic rings. The summed E-state index contributed by atoms with van der Waals surface area (Å²) in [6.45, 7) is 3.72. The Morgan fingerprint density at radius 3 is 2.60 bits per heavy atom. The van der Waals surface area contributed by atoms with Crippen molar-refractivity contribution in [1.29, 1.82) is 0 Å². The van der Waals surface area contributed by atoms with E-state index in [9.17, 15) is 4.79 Å². The molecule has 5 nitrogen and oxygen atoms in total. The number of benzene rings is 2. The molecule has 1 aliphatic carbocycles. The molecular formula is C24H24ClN3O2. The van der Waals surface area contributed by atoms with Crippen LogP contribution in [-0.2, 0) is 11.2 Å². The molecule has 6 heteroatoms. The first-order valence-electron chi connectivity index (χ1n) is 10.4. The zero-order chi connectivity index (χ0) is 20.8. The van der Waals surface area contributed by atoms with Crippen LogP contribution < -0.4 is 9.64 Å². The van der Waals surface area contributed by atoms with Crippen molar-refractivity contribution >= 4 is 23.2 Å². The summed E-state index contributed by atoms with van der Waals surface area (Å²) in [5, 5.41) is 5.23. The minimum atomic E-state index is 0.0511. The Labute approximate surface area is 181 Å². The van der Waals surface area contributed by atoms with Gasteiger partial charge in [0.1, 0.15) is 11.5 Å². The first kappa shape index (κ1) is 19.2. The lowest BCUT2D eigenvalue weighted by molar-refractivity contribution is -0.117. The minimum absolute atomic E-state index is 0.0511. The third kappa shape index (κ3) is 3.47. The number of nitrogens with zero attached hydrogens (tertiary/aromatic N) is 3. The molecule has 0 bridgehead atoms. The molecule has 30 heavy (non-hydrogen) atoms. The van der Waals surface area contributed by atoms with E-state index in [1.807, 2.05) is 52.2 Å². The highest BCUT2D eigenvalue weighted by molar-refractivity contribution is 6.30. The largest absolute Gasteiger partial charge is 0.456 e. The molecule has 1 aromatic heterocycles. The molecule has 154 valence electrons. The minimum Gasteiger partial charge on any atom is -0.456 e. The fraction of sp³-hybridized carbons (Fsp3) is 0.333. The number of ether oxygens (including phenoxy) is 1. The van der Waals surface area contributed by atoms with Crippen molar-refractivity contribution in [3.8, 4) is 22.6 Å². The Hall–Kier alpha value is -2.79. The van der Waals surface area contributed by atoms with Crippen molar-refractivity contribution in [2.45, 2.75) is 51.6 Å². The lowest BCUT2D eigenvalue weighted by Crippen LogP contribution is -2.40. The van der Waals surface area contributed by atoms with Gasteiger partial charge in [-0.25, -0.2) is 0 Å². The molecule has 0 saturated heterocycles. The van der Waals surface area contributed by atoms with Gasteiger partial charge in [-0.15, -0.1) is 0 Å². The van der Waals surface area contributed by atoms with E-state index in [0.717, 1.165) is 46.7 Å². The van der Waals surface area contributed by atoms with Gasteiger partial charge in [-0.2, -0.15) is 5.10 Å². The van der Waals surface area contributed by atoms with Crippen LogP contribution in [0.15, 0.2) is 48.8 Å². The van der Waals surface area contributed by atoms with Gasteiger partial charge in [0.2, 0.25) is 5.91 Å². The van der Waals surface area contributed by atoms with E-state index in [0.29, 0.717) is 11.1 Å². The third-order valence-electron chi connectivity index (χ3n) is 5.95. The summed E-state index contributed by atoms with van der Waals surface area (Å²) in [4.78, 5) is 14.3. The molecule has 1 aliphatic heterocycles. The van der Waals surface area contributed by atoms with E-state index < -0.39 is 0 Å². The van der Waals surface area contributed by atoms with Crippen molar-refractivity contribution in [3.63, 3.8) is 0 Å². The number of rotatable bonds is 4. The monoisotopic (exact) mass is 421 g/mol. The normalized spacial score (nSPS) is 18.2. The lowest BCUT2D eigenvalue weighted by atomic mass is 9.92. The zero-order valence-electron chi connectivity index (χ0n) is 17.1. The first-order chi connectivity index (χ1) is 14.5. The number of amides is 1. The molecule has 0 N–H and O–H groups in total. The Balaban J connectivity index is 1.64. The second-order valence-corrected chi connectivity index (χ2v) is 8.65. The lowest BCUT2D eigenvalue weighted by Gasteiger charge is -2.36. The Bertz CT molecular complexity index is 1100. The van der Waals surface area contributed by atoms with Crippen molar-refractivity contribution in [1.82, 2.24) is 9.78 Å². The van der Waals surface area contributed by atoms with Crippen molar-refractivity contribution in [3.05, 3.63) is 59.4 Å². The molecular weight excluding hydrogens is 398 g/mol. The van der Waals surface area contributed by atoms with Crippen LogP contribution >= 0.6 is 11.6 Å². The number of fused-ring (bicyclic) bond motifs is 1. The molecule has 0 spiro atoms. The van der Waals surface area contributed by atoms with Crippen LogP contribution in [-0.4, -0.2) is 21.7 Å². The molecule has 1 amide bonds. The summed E-state index contributed by atoms with van der Waals surface area (Å²) in [5.74, 6) is 1.56. The fourth-order valence-corrected chi connectivity index (χ4v) is 4.39. The summed E-state index contributed by atoms with van der Waals surface area (Å²) in [6, 6.07) is 12.2. The number of carbonyl (C=O) groups excluding carboxylic acids is 1. The maximum Gasteiger partial charge on any atom is 0.224 e. The Morgan fingerprint density at radius 1 is 1.13 bits per heavy atom. The summed E-state index contributed by atoms with van der Waals surface area (Å²) in [7, 11) is 0. The second kappa shape index (κ2) is 7.47. The molecule has 5 rings (SSSR count). The molecule has 2 heterocycles. The number of aromatic nitrogens is 2. The van der Waals surface area contributed by atoms with Gasteiger partial charge in [0, 0.05) is 40.9 Å². The van der Waals surface area contributed by atoms with Gasteiger partial charge in [0.25, 0.3) is 0 Å². The average molecular weight is 422 g/mol. The summed E-state index contributed by atoms with van der Waals surface area (Å²) in [6.07, 6.45) is 8.13. The summed E-state index contributed by atoms with van der Waals surface area (Å²) >= 11 is 6.05. The van der Waals surface area contributed by atoms with Gasteiger partial charge in [-0.05, 0) is 69.0 Å². The third-order valence-corrected chi connectivity index (χ3v) is 6.21. The van der Waals surface area contributed by atoms with Crippen LogP contribution in [0.3, 0.4) is 0 Å². The van der Waals surface area contributed by atoms with Crippen LogP contribution in [0.1, 0.15) is 44.7 Å². The molecule has 1 saturated carbocycles. The number of halogens is 1. The predicted octanol–water partition coefficient (Wildman–Crippen LogP) is 6.02. The van der Waals surface area contributed by atoms with Gasteiger partial charge in [0.05, 0.1) is 17.9 Å². The van der Waals surface area contributed by atoms with Gasteiger partial charge in [0.15, 0.2) is 0 Å². The standard InChI is InChI=1S/C24H24ClN3O2/c1-15-3-10-22-23(28(15)16(2)29)12-11-21(17-13-26-27(14-17)19-6-7-19)24(22)30-20-8-4-18(25)5-9-20/h4-5,8-9,11-15,19H,3,6-7,10H2,1-2H3. The van der Waals surface area contributed by atoms with Gasteiger partial charge >= 0.3 is 0 Å². The van der Waals surface area contributed by atoms with Gasteiger partial charge < -0.3 is 9.64 Å². The van der Waals surface area contributed by atoms with Crippen LogP contribution in [0.5, 0.6) is 11.5 Å². The predicted molar refractivity (Wildman–Crippen MR) is 118 cm³/mol. The van der Waals surface area contributed by atoms with Crippen LogP contribution in [0.2, 0.25) is 5.02 Å². The second-order valence-electron chi connectivity index (χ2n) is 8.21. The highest BCUT2D eigenvalue weighted by Gasteiger charge is 2.31. The maximum absolute atomic E-state index is 12.4. The molecule has 2 aromatic carbocycles. The van der Waals surface area contributed by atoms with Crippen molar-refractivity contribution in [2.24, 2.45) is 0 Å². The Morgan fingerprint density at radius 2 is 1.90 bits per heavy atom. The number of carbonyl (C=O) groups is 1. The topological polar surface area (TPSA) is 47.4 Å². The van der Waals surface area contributed by atoms with E-state index in [4.69, 9.17) is 16.3 Å². The van der Waals surface area contributed by atoms with Crippen molar-refractivity contribution < 1.29 is 9.53 Å². The number of hydrogen-bond donors (Lipinski definition) is 0. The molecule has 1 fully saturated rings. The molecule has 0 radical (unpaired) electrons. The first-order valence-corrected chi connectivity index (χ1v) is 10.8. The maximum atomic E-state index is 12.4. The van der Waals surface area contributed by atoms with E-state index in [1.54, 1.807) is 6.92 Å². The molecule has 1 atom stereocenters. The van der Waals surface area contributed by atoms with Crippen LogP contribution in [0.25, 0.3) is 11.1 Å². The summed E-state index contributed by atoms with van der Waals surface area (Å²) in [5.41, 5.74) is 4.02. The molecule has 3 aromatic rings. The molecule has 1 unspecified atom stereocenters. The Kier molecular flexibility index (Phi) is 4.78. The number of hydrogen-bond acceptors (Lipinski definition) is 3. The van der Waals surface area contributed by atoms with E-state index in [-0.39, 0.29) is 11.9 Å². The van der Waals surface area contributed by atoms with Crippen molar-refractivity contribution in [2.75, 3.05) is 4.90 Å². The fourth-order valence-electron chi connectivity index (χ4n) is 4.26. The van der Waals surface area contributed by atoms with Crippen LogP contribution in [0, 0.1) is 0 Å². The number of anilines is 1. The zero-order valence-corrected chi connectivity index (χ0v) is 17.9.